The normalized spacial score (nSPS) is 48.3. The van der Waals surface area contributed by atoms with E-state index in [0.29, 0.717) is 23.2 Å². The van der Waals surface area contributed by atoms with E-state index in [0.717, 1.165) is 19.3 Å². The van der Waals surface area contributed by atoms with Crippen LogP contribution in [0.2, 0.25) is 0 Å². The van der Waals surface area contributed by atoms with Gasteiger partial charge in [0.1, 0.15) is 6.10 Å². The minimum absolute atomic E-state index is 0.0709. The number of aliphatic hydroxyl groups is 1. The summed E-state index contributed by atoms with van der Waals surface area (Å²) in [5.41, 5.74) is 0.362. The fourth-order valence-electron chi connectivity index (χ4n) is 5.61. The molecule has 0 bridgehead atoms. The number of hydrogen-bond donors (Lipinski definition) is 1. The molecule has 0 amide bonds. The Bertz CT molecular complexity index is 547. The minimum atomic E-state index is -0.496. The summed E-state index contributed by atoms with van der Waals surface area (Å²) in [7, 11) is 0. The molecule has 0 radical (unpaired) electrons. The van der Waals surface area contributed by atoms with Crippen molar-refractivity contribution < 1.29 is 14.6 Å². The topological polar surface area (TPSA) is 38.7 Å². The first-order chi connectivity index (χ1) is 11.2. The number of rotatable bonds is 2. The molecule has 0 spiro atoms. The third-order valence-corrected chi connectivity index (χ3v) is 6.58. The van der Waals surface area contributed by atoms with Crippen LogP contribution in [0.3, 0.4) is 0 Å². The van der Waals surface area contributed by atoms with E-state index in [2.05, 4.69) is 38.2 Å². The summed E-state index contributed by atoms with van der Waals surface area (Å²) in [6, 6.07) is 0. The molecule has 5 unspecified atom stereocenters. The van der Waals surface area contributed by atoms with Crippen molar-refractivity contribution in [1.82, 2.24) is 0 Å². The van der Waals surface area contributed by atoms with Crippen LogP contribution in [0.15, 0.2) is 24.3 Å². The largest absolute Gasteiger partial charge is 0.392 e. The van der Waals surface area contributed by atoms with Crippen LogP contribution in [0.25, 0.3) is 0 Å². The summed E-state index contributed by atoms with van der Waals surface area (Å²) >= 11 is 0. The first-order valence-electron chi connectivity index (χ1n) is 9.63. The van der Waals surface area contributed by atoms with Crippen molar-refractivity contribution in [2.45, 2.75) is 77.5 Å². The van der Waals surface area contributed by atoms with Gasteiger partial charge in [0.05, 0.1) is 12.2 Å². The van der Waals surface area contributed by atoms with Crippen molar-refractivity contribution in [2.75, 3.05) is 0 Å². The van der Waals surface area contributed by atoms with Gasteiger partial charge in [-0.05, 0) is 62.7 Å². The fourth-order valence-corrected chi connectivity index (χ4v) is 5.61. The molecule has 3 nitrogen and oxygen atoms in total. The second-order valence-corrected chi connectivity index (χ2v) is 9.66. The van der Waals surface area contributed by atoms with Crippen LogP contribution < -0.4 is 0 Å². The number of allylic oxidation sites excluding steroid dienone is 2. The van der Waals surface area contributed by atoms with Gasteiger partial charge in [0.15, 0.2) is 5.79 Å². The highest BCUT2D eigenvalue weighted by Crippen LogP contribution is 2.51. The van der Waals surface area contributed by atoms with Crippen LogP contribution in [-0.2, 0) is 9.47 Å². The van der Waals surface area contributed by atoms with Crippen LogP contribution in [0.4, 0.5) is 0 Å². The Kier molecular flexibility index (Phi) is 3.98. The Balaban J connectivity index is 1.46. The summed E-state index contributed by atoms with van der Waals surface area (Å²) in [5, 5.41) is 11.0. The standard InChI is InChI=1S/C21H32O3/c1-20(2)11-15-9-8-13(18(22)16(15)12-20)10-14-6-5-7-17-19(14)24-21(3,4)23-17/h5,7-9,13-19,22H,6,10-12H2,1-4H3/t13?,14-,15?,16?,17?,18+,19?/m0/s1. The highest BCUT2D eigenvalue weighted by molar-refractivity contribution is 5.13. The average molecular weight is 332 g/mol. The van der Waals surface area contributed by atoms with E-state index in [1.807, 2.05) is 13.8 Å². The summed E-state index contributed by atoms with van der Waals surface area (Å²) in [6.07, 6.45) is 13.4. The van der Waals surface area contributed by atoms with Crippen LogP contribution in [-0.4, -0.2) is 29.2 Å². The van der Waals surface area contributed by atoms with E-state index >= 15 is 0 Å². The first-order valence-corrected chi connectivity index (χ1v) is 9.63. The SMILES string of the molecule is CC1(C)CC2C=CC(C[C@@H]3CC=CC4OC(C)(C)OC43)[C@@H](O)C2C1. The molecule has 1 saturated heterocycles. The second kappa shape index (κ2) is 5.69. The summed E-state index contributed by atoms with van der Waals surface area (Å²) < 4.78 is 12.2. The molecule has 1 aliphatic heterocycles. The lowest BCUT2D eigenvalue weighted by Crippen LogP contribution is -2.39. The van der Waals surface area contributed by atoms with E-state index in [4.69, 9.17) is 9.47 Å². The van der Waals surface area contributed by atoms with Gasteiger partial charge in [-0.1, -0.05) is 38.2 Å². The molecule has 134 valence electrons. The van der Waals surface area contributed by atoms with Gasteiger partial charge in [0.25, 0.3) is 0 Å². The summed E-state index contributed by atoms with van der Waals surface area (Å²) in [4.78, 5) is 0. The van der Waals surface area contributed by atoms with Crippen molar-refractivity contribution in [3.05, 3.63) is 24.3 Å². The molecule has 0 aromatic heterocycles. The molecule has 1 saturated carbocycles. The Labute approximate surface area is 146 Å². The summed E-state index contributed by atoms with van der Waals surface area (Å²) in [6.45, 7) is 8.67. The molecule has 0 aromatic rings. The quantitative estimate of drug-likeness (QED) is 0.775. The third kappa shape index (κ3) is 3.00. The molecule has 1 heterocycles. The van der Waals surface area contributed by atoms with Crippen LogP contribution >= 0.6 is 0 Å². The smallest absolute Gasteiger partial charge is 0.164 e. The van der Waals surface area contributed by atoms with E-state index in [1.165, 1.54) is 6.42 Å². The van der Waals surface area contributed by atoms with Gasteiger partial charge in [0.2, 0.25) is 0 Å². The zero-order valence-corrected chi connectivity index (χ0v) is 15.4. The molecule has 24 heavy (non-hydrogen) atoms. The van der Waals surface area contributed by atoms with Gasteiger partial charge in [-0.25, -0.2) is 0 Å². The lowest BCUT2D eigenvalue weighted by Gasteiger charge is -2.37. The highest BCUT2D eigenvalue weighted by atomic mass is 16.7. The maximum atomic E-state index is 11.0. The lowest BCUT2D eigenvalue weighted by molar-refractivity contribution is -0.148. The predicted octanol–water partition coefficient (Wildman–Crippen LogP) is 4.07. The zero-order chi connectivity index (χ0) is 17.1. The maximum absolute atomic E-state index is 11.0. The molecule has 2 fully saturated rings. The van der Waals surface area contributed by atoms with Gasteiger partial charge in [0, 0.05) is 5.92 Å². The molecule has 3 aliphatic carbocycles. The van der Waals surface area contributed by atoms with Crippen LogP contribution in [0.1, 0.15) is 53.4 Å². The number of hydrogen-bond acceptors (Lipinski definition) is 3. The van der Waals surface area contributed by atoms with Crippen LogP contribution in [0, 0.1) is 29.1 Å². The molecule has 0 aromatic carbocycles. The van der Waals surface area contributed by atoms with Gasteiger partial charge in [-0.2, -0.15) is 0 Å². The van der Waals surface area contributed by atoms with E-state index < -0.39 is 5.79 Å². The minimum Gasteiger partial charge on any atom is -0.392 e. The van der Waals surface area contributed by atoms with Crippen molar-refractivity contribution >= 4 is 0 Å². The first kappa shape index (κ1) is 16.8. The zero-order valence-electron chi connectivity index (χ0n) is 15.4. The monoisotopic (exact) mass is 332 g/mol. The molecule has 1 N–H and O–H groups in total. The predicted molar refractivity (Wildman–Crippen MR) is 94.3 cm³/mol. The fraction of sp³-hybridized carbons (Fsp3) is 0.810. The molecule has 7 atom stereocenters. The number of aliphatic hydroxyl groups excluding tert-OH is 1. The van der Waals surface area contributed by atoms with E-state index in [9.17, 15) is 5.11 Å². The van der Waals surface area contributed by atoms with Gasteiger partial charge >= 0.3 is 0 Å². The highest BCUT2D eigenvalue weighted by Gasteiger charge is 2.48. The van der Waals surface area contributed by atoms with Crippen molar-refractivity contribution in [3.8, 4) is 0 Å². The molecule has 4 rings (SSSR count). The molecular formula is C21H32O3. The molecular weight excluding hydrogens is 300 g/mol. The van der Waals surface area contributed by atoms with Gasteiger partial charge in [-0.3, -0.25) is 0 Å². The second-order valence-electron chi connectivity index (χ2n) is 9.66. The Morgan fingerprint density at radius 3 is 2.62 bits per heavy atom. The number of fused-ring (bicyclic) bond motifs is 2. The maximum Gasteiger partial charge on any atom is 0.164 e. The number of ether oxygens (including phenoxy) is 2. The Morgan fingerprint density at radius 2 is 1.83 bits per heavy atom. The van der Waals surface area contributed by atoms with Gasteiger partial charge < -0.3 is 14.6 Å². The van der Waals surface area contributed by atoms with Crippen LogP contribution in [0.5, 0.6) is 0 Å². The lowest BCUT2D eigenvalue weighted by atomic mass is 9.73. The van der Waals surface area contributed by atoms with Crippen molar-refractivity contribution in [3.63, 3.8) is 0 Å². The Morgan fingerprint density at radius 1 is 1.04 bits per heavy atom. The van der Waals surface area contributed by atoms with E-state index in [-0.39, 0.29) is 24.2 Å². The molecule has 3 heteroatoms. The third-order valence-electron chi connectivity index (χ3n) is 6.58. The average Bonchev–Trinajstić information content (AvgIpc) is 2.97. The van der Waals surface area contributed by atoms with Gasteiger partial charge in [-0.15, -0.1) is 0 Å². The van der Waals surface area contributed by atoms with Crippen molar-refractivity contribution in [2.24, 2.45) is 29.1 Å². The van der Waals surface area contributed by atoms with E-state index in [1.54, 1.807) is 0 Å². The van der Waals surface area contributed by atoms with Crippen molar-refractivity contribution in [1.29, 1.82) is 0 Å². The Hall–Kier alpha value is -0.640. The summed E-state index contributed by atoms with van der Waals surface area (Å²) in [5.74, 6) is 1.18. The molecule has 4 aliphatic rings.